The summed E-state index contributed by atoms with van der Waals surface area (Å²) in [6.45, 7) is 0. The molecule has 0 saturated heterocycles. The molecule has 0 aliphatic carbocycles. The van der Waals surface area contributed by atoms with Crippen molar-refractivity contribution >= 4 is 21.9 Å². The van der Waals surface area contributed by atoms with Crippen LogP contribution in [0.1, 0.15) is 0 Å². The van der Waals surface area contributed by atoms with E-state index < -0.39 is 0 Å². The summed E-state index contributed by atoms with van der Waals surface area (Å²) in [5.74, 6) is 0.247. The third kappa shape index (κ3) is 2.27. The number of fused-ring (bicyclic) bond motifs is 3. The monoisotopic (exact) mass is 336 g/mol. The van der Waals surface area contributed by atoms with Crippen LogP contribution in [0, 0.1) is 0 Å². The average Bonchev–Trinajstić information content (AvgIpc) is 3.09. The molecule has 26 heavy (non-hydrogen) atoms. The molecule has 0 bridgehead atoms. The lowest BCUT2D eigenvalue weighted by atomic mass is 9.97. The number of hydrogen-bond acceptors (Lipinski definition) is 2. The molecule has 2 heteroatoms. The number of benzene rings is 4. The number of para-hydroxylation sites is 1. The van der Waals surface area contributed by atoms with E-state index in [1.807, 2.05) is 36.4 Å². The number of phenolic OH excluding ortho intramolecular Hbond substituents is 1. The van der Waals surface area contributed by atoms with Crippen LogP contribution in [0.25, 0.3) is 44.2 Å². The minimum atomic E-state index is 0.247. The van der Waals surface area contributed by atoms with Crippen molar-refractivity contribution in [1.29, 1.82) is 0 Å². The maximum Gasteiger partial charge on any atom is 0.143 e. The van der Waals surface area contributed by atoms with Crippen LogP contribution in [0.3, 0.4) is 0 Å². The van der Waals surface area contributed by atoms with Crippen LogP contribution < -0.4 is 0 Å². The Morgan fingerprint density at radius 1 is 0.615 bits per heavy atom. The molecule has 1 heterocycles. The van der Waals surface area contributed by atoms with Crippen LogP contribution in [0.4, 0.5) is 0 Å². The second-order valence-electron chi connectivity index (χ2n) is 6.38. The van der Waals surface area contributed by atoms with Crippen molar-refractivity contribution in [2.75, 3.05) is 0 Å². The van der Waals surface area contributed by atoms with E-state index in [-0.39, 0.29) is 5.75 Å². The summed E-state index contributed by atoms with van der Waals surface area (Å²) in [7, 11) is 0. The summed E-state index contributed by atoms with van der Waals surface area (Å²) in [6, 6.07) is 30.2. The first-order valence-corrected chi connectivity index (χ1v) is 8.60. The normalized spacial score (nSPS) is 11.2. The summed E-state index contributed by atoms with van der Waals surface area (Å²) in [4.78, 5) is 0. The van der Waals surface area contributed by atoms with E-state index in [4.69, 9.17) is 4.42 Å². The summed E-state index contributed by atoms with van der Waals surface area (Å²) in [5.41, 5.74) is 5.97. The summed E-state index contributed by atoms with van der Waals surface area (Å²) in [6.07, 6.45) is 0. The van der Waals surface area contributed by atoms with Crippen LogP contribution in [0.15, 0.2) is 95.4 Å². The zero-order valence-electron chi connectivity index (χ0n) is 14.0. The smallest absolute Gasteiger partial charge is 0.143 e. The molecule has 5 rings (SSSR count). The highest BCUT2D eigenvalue weighted by Crippen LogP contribution is 2.39. The predicted molar refractivity (Wildman–Crippen MR) is 106 cm³/mol. The van der Waals surface area contributed by atoms with Crippen LogP contribution >= 0.6 is 0 Å². The van der Waals surface area contributed by atoms with Gasteiger partial charge >= 0.3 is 0 Å². The topological polar surface area (TPSA) is 33.4 Å². The van der Waals surface area contributed by atoms with Gasteiger partial charge in [-0.1, -0.05) is 72.8 Å². The van der Waals surface area contributed by atoms with E-state index >= 15 is 0 Å². The number of hydrogen-bond donors (Lipinski definition) is 1. The molecule has 0 radical (unpaired) electrons. The molecule has 0 saturated carbocycles. The Kier molecular flexibility index (Phi) is 3.29. The third-order valence-corrected chi connectivity index (χ3v) is 4.78. The standard InChI is InChI=1S/C24H16O2/c25-21-13-6-14-22-23(21)20-12-5-11-19(24(20)26-22)18-10-4-9-17(15-18)16-7-2-1-3-8-16/h1-15,25H. The Labute approximate surface area is 150 Å². The molecule has 0 unspecified atom stereocenters. The van der Waals surface area contributed by atoms with Crippen molar-refractivity contribution in [3.8, 4) is 28.0 Å². The zero-order chi connectivity index (χ0) is 17.5. The molecule has 5 aromatic rings. The van der Waals surface area contributed by atoms with Crippen molar-refractivity contribution < 1.29 is 9.52 Å². The Balaban J connectivity index is 1.75. The molecule has 0 aliphatic rings. The molecule has 0 spiro atoms. The van der Waals surface area contributed by atoms with E-state index in [9.17, 15) is 5.11 Å². The highest BCUT2D eigenvalue weighted by molar-refractivity contribution is 6.12. The van der Waals surface area contributed by atoms with Gasteiger partial charge in [0, 0.05) is 10.9 Å². The number of rotatable bonds is 2. The van der Waals surface area contributed by atoms with Gasteiger partial charge in [0.05, 0.1) is 5.39 Å². The molecule has 0 aliphatic heterocycles. The molecule has 4 aromatic carbocycles. The Morgan fingerprint density at radius 2 is 1.35 bits per heavy atom. The van der Waals surface area contributed by atoms with Gasteiger partial charge < -0.3 is 9.52 Å². The molecule has 2 nitrogen and oxygen atoms in total. The lowest BCUT2D eigenvalue weighted by Crippen LogP contribution is -1.82. The first kappa shape index (κ1) is 14.8. The average molecular weight is 336 g/mol. The van der Waals surface area contributed by atoms with E-state index in [0.29, 0.717) is 5.58 Å². The van der Waals surface area contributed by atoms with Gasteiger partial charge in [0.25, 0.3) is 0 Å². The van der Waals surface area contributed by atoms with Gasteiger partial charge in [0.2, 0.25) is 0 Å². The summed E-state index contributed by atoms with van der Waals surface area (Å²) < 4.78 is 6.10. The van der Waals surface area contributed by atoms with Crippen LogP contribution in [0.5, 0.6) is 5.75 Å². The highest BCUT2D eigenvalue weighted by Gasteiger charge is 2.14. The van der Waals surface area contributed by atoms with Crippen LogP contribution in [-0.4, -0.2) is 5.11 Å². The molecule has 0 fully saturated rings. The molecular weight excluding hydrogens is 320 g/mol. The van der Waals surface area contributed by atoms with E-state index in [1.54, 1.807) is 12.1 Å². The van der Waals surface area contributed by atoms with Crippen LogP contribution in [0.2, 0.25) is 0 Å². The number of furan rings is 1. The van der Waals surface area contributed by atoms with Gasteiger partial charge in [-0.3, -0.25) is 0 Å². The minimum absolute atomic E-state index is 0.247. The van der Waals surface area contributed by atoms with Crippen molar-refractivity contribution in [2.45, 2.75) is 0 Å². The fourth-order valence-electron chi connectivity index (χ4n) is 3.55. The Bertz CT molecular complexity index is 1230. The fraction of sp³-hybridized carbons (Fsp3) is 0. The first-order chi connectivity index (χ1) is 12.8. The number of aromatic hydroxyl groups is 1. The van der Waals surface area contributed by atoms with E-state index in [1.165, 1.54) is 11.1 Å². The Morgan fingerprint density at radius 3 is 2.23 bits per heavy atom. The summed E-state index contributed by atoms with van der Waals surface area (Å²) >= 11 is 0. The molecule has 0 amide bonds. The van der Waals surface area contributed by atoms with Gasteiger partial charge in [0.1, 0.15) is 16.9 Å². The largest absolute Gasteiger partial charge is 0.507 e. The second kappa shape index (κ2) is 5.78. The Hall–Kier alpha value is -3.52. The van der Waals surface area contributed by atoms with Gasteiger partial charge in [-0.25, -0.2) is 0 Å². The van der Waals surface area contributed by atoms with E-state index in [0.717, 1.165) is 27.5 Å². The lowest BCUT2D eigenvalue weighted by Gasteiger charge is -2.06. The van der Waals surface area contributed by atoms with Gasteiger partial charge in [0.15, 0.2) is 0 Å². The molecular formula is C24H16O2. The molecule has 1 aromatic heterocycles. The molecule has 0 atom stereocenters. The van der Waals surface area contributed by atoms with Gasteiger partial charge in [-0.2, -0.15) is 0 Å². The quantitative estimate of drug-likeness (QED) is 0.393. The fourth-order valence-corrected chi connectivity index (χ4v) is 3.55. The minimum Gasteiger partial charge on any atom is -0.507 e. The van der Waals surface area contributed by atoms with E-state index in [2.05, 4.69) is 42.5 Å². The van der Waals surface area contributed by atoms with Crippen molar-refractivity contribution in [3.05, 3.63) is 91.0 Å². The number of phenols is 1. The van der Waals surface area contributed by atoms with Crippen LogP contribution in [-0.2, 0) is 0 Å². The SMILES string of the molecule is Oc1cccc2oc3c(-c4cccc(-c5ccccc5)c4)cccc3c12. The molecule has 1 N–H and O–H groups in total. The predicted octanol–water partition coefficient (Wildman–Crippen LogP) is 6.63. The first-order valence-electron chi connectivity index (χ1n) is 8.60. The highest BCUT2D eigenvalue weighted by atomic mass is 16.3. The third-order valence-electron chi connectivity index (χ3n) is 4.78. The zero-order valence-corrected chi connectivity index (χ0v) is 14.0. The van der Waals surface area contributed by atoms with Gasteiger partial charge in [-0.15, -0.1) is 0 Å². The van der Waals surface area contributed by atoms with Gasteiger partial charge in [-0.05, 0) is 34.9 Å². The second-order valence-corrected chi connectivity index (χ2v) is 6.38. The lowest BCUT2D eigenvalue weighted by molar-refractivity contribution is 0.481. The molecule has 124 valence electrons. The van der Waals surface area contributed by atoms with Crippen molar-refractivity contribution in [2.24, 2.45) is 0 Å². The van der Waals surface area contributed by atoms with Crippen molar-refractivity contribution in [1.82, 2.24) is 0 Å². The maximum atomic E-state index is 10.3. The summed E-state index contributed by atoms with van der Waals surface area (Å²) in [5, 5.41) is 12.0. The maximum absolute atomic E-state index is 10.3. The van der Waals surface area contributed by atoms with Crippen molar-refractivity contribution in [3.63, 3.8) is 0 Å².